The van der Waals surface area contributed by atoms with Crippen molar-refractivity contribution in [3.8, 4) is 0 Å². The molecule has 0 unspecified atom stereocenters. The summed E-state index contributed by atoms with van der Waals surface area (Å²) in [6.45, 7) is 2.01. The van der Waals surface area contributed by atoms with Gasteiger partial charge in [0.15, 0.2) is 10.2 Å². The summed E-state index contributed by atoms with van der Waals surface area (Å²) in [6, 6.07) is 25.5. The summed E-state index contributed by atoms with van der Waals surface area (Å²) >= 11 is 10.6. The van der Waals surface area contributed by atoms with Gasteiger partial charge in [0.05, 0.1) is 11.4 Å². The average Bonchev–Trinajstić information content (AvgIpc) is 2.66. The van der Waals surface area contributed by atoms with Gasteiger partial charge in [0.25, 0.3) is 0 Å². The van der Waals surface area contributed by atoms with E-state index in [-0.39, 0.29) is 10.2 Å². The van der Waals surface area contributed by atoms with E-state index >= 15 is 0 Å². The topological polar surface area (TPSA) is 58.5 Å². The van der Waals surface area contributed by atoms with Crippen molar-refractivity contribution in [2.75, 3.05) is 9.80 Å². The summed E-state index contributed by atoms with van der Waals surface area (Å²) in [5.41, 5.74) is 16.6. The average molecular weight is 393 g/mol. The second-order valence-corrected chi connectivity index (χ2v) is 6.83. The lowest BCUT2D eigenvalue weighted by Crippen LogP contribution is -2.33. The van der Waals surface area contributed by atoms with Crippen LogP contribution in [0.25, 0.3) is 0 Å². The molecule has 0 bridgehead atoms. The molecule has 0 aliphatic carbocycles. The number of anilines is 4. The number of rotatable bonds is 4. The molecule has 0 saturated carbocycles. The van der Waals surface area contributed by atoms with Crippen LogP contribution in [0, 0.1) is 6.92 Å². The van der Waals surface area contributed by atoms with Crippen LogP contribution in [0.2, 0.25) is 0 Å². The molecule has 3 aromatic carbocycles. The van der Waals surface area contributed by atoms with Crippen LogP contribution in [0.15, 0.2) is 78.9 Å². The van der Waals surface area contributed by atoms with Gasteiger partial charge in [-0.25, -0.2) is 0 Å². The smallest absolute Gasteiger partial charge is 0.175 e. The van der Waals surface area contributed by atoms with Crippen molar-refractivity contribution in [2.24, 2.45) is 11.5 Å². The first-order valence-electron chi connectivity index (χ1n) is 8.39. The van der Waals surface area contributed by atoms with Gasteiger partial charge in [0.2, 0.25) is 0 Å². The molecule has 4 N–H and O–H groups in total. The fraction of sp³-hybridized carbons (Fsp3) is 0.0476. The third-order valence-corrected chi connectivity index (χ3v) is 4.53. The minimum atomic E-state index is 0.262. The van der Waals surface area contributed by atoms with E-state index in [0.717, 1.165) is 28.3 Å². The highest BCUT2D eigenvalue weighted by molar-refractivity contribution is 7.80. The minimum Gasteiger partial charge on any atom is -0.376 e. The first-order chi connectivity index (χ1) is 13.0. The Balaban J connectivity index is 2.13. The van der Waals surface area contributed by atoms with Gasteiger partial charge < -0.3 is 11.5 Å². The number of hydrogen-bond acceptors (Lipinski definition) is 2. The van der Waals surface area contributed by atoms with Crippen LogP contribution in [0.4, 0.5) is 22.7 Å². The van der Waals surface area contributed by atoms with Crippen molar-refractivity contribution >= 4 is 57.4 Å². The fourth-order valence-electron chi connectivity index (χ4n) is 2.92. The van der Waals surface area contributed by atoms with Crippen molar-refractivity contribution < 1.29 is 0 Å². The van der Waals surface area contributed by atoms with E-state index in [1.54, 1.807) is 0 Å². The largest absolute Gasteiger partial charge is 0.376 e. The van der Waals surface area contributed by atoms with E-state index in [1.807, 2.05) is 95.6 Å². The monoisotopic (exact) mass is 392 g/mol. The number of benzene rings is 3. The third-order valence-electron chi connectivity index (χ3n) is 4.16. The van der Waals surface area contributed by atoms with E-state index in [1.165, 1.54) is 0 Å². The Bertz CT molecular complexity index is 958. The normalized spacial score (nSPS) is 10.3. The summed E-state index contributed by atoms with van der Waals surface area (Å²) in [7, 11) is 0. The third kappa shape index (κ3) is 4.07. The molecule has 6 heteroatoms. The summed E-state index contributed by atoms with van der Waals surface area (Å²) in [5, 5.41) is 0.528. The standard InChI is InChI=1S/C21H20N4S2/c1-15-12-13-18(24(20(22)26)16-8-4-2-5-9-16)14-19(15)25(21(23)27)17-10-6-3-7-11-17/h2-14H,1H3,(H2,22,26)(H2,23,27). The van der Waals surface area contributed by atoms with Gasteiger partial charge in [-0.15, -0.1) is 0 Å². The molecule has 4 nitrogen and oxygen atoms in total. The van der Waals surface area contributed by atoms with Crippen molar-refractivity contribution in [3.05, 3.63) is 84.4 Å². The van der Waals surface area contributed by atoms with E-state index in [9.17, 15) is 0 Å². The lowest BCUT2D eigenvalue weighted by Gasteiger charge is -2.28. The zero-order chi connectivity index (χ0) is 19.4. The molecule has 136 valence electrons. The van der Waals surface area contributed by atoms with Gasteiger partial charge in [-0.2, -0.15) is 0 Å². The van der Waals surface area contributed by atoms with Gasteiger partial charge in [0.1, 0.15) is 0 Å². The molecule has 0 radical (unpaired) electrons. The Kier molecular flexibility index (Phi) is 5.69. The first kappa shape index (κ1) is 18.8. The summed E-state index contributed by atoms with van der Waals surface area (Å²) in [6.07, 6.45) is 0. The van der Waals surface area contributed by atoms with Gasteiger partial charge in [-0.1, -0.05) is 42.5 Å². The quantitative estimate of drug-likeness (QED) is 0.625. The molecular weight excluding hydrogens is 372 g/mol. The SMILES string of the molecule is Cc1ccc(N(C(N)=S)c2ccccc2)cc1N(C(N)=S)c1ccccc1. The van der Waals surface area contributed by atoms with Crippen molar-refractivity contribution in [3.63, 3.8) is 0 Å². The Morgan fingerprint density at radius 2 is 1.15 bits per heavy atom. The predicted octanol–water partition coefficient (Wildman–Crippen LogP) is 4.76. The molecule has 0 saturated heterocycles. The number of thiocarbonyl (C=S) groups is 2. The number of para-hydroxylation sites is 2. The molecular formula is C21H20N4S2. The number of nitrogens with zero attached hydrogens (tertiary/aromatic N) is 2. The Morgan fingerprint density at radius 3 is 1.63 bits per heavy atom. The molecule has 0 heterocycles. The number of hydrogen-bond donors (Lipinski definition) is 2. The molecule has 0 spiro atoms. The molecule has 0 atom stereocenters. The highest BCUT2D eigenvalue weighted by Gasteiger charge is 2.18. The van der Waals surface area contributed by atoms with Crippen molar-refractivity contribution in [2.45, 2.75) is 6.92 Å². The maximum Gasteiger partial charge on any atom is 0.175 e. The maximum absolute atomic E-state index is 6.06. The lowest BCUT2D eigenvalue weighted by molar-refractivity contribution is 1.27. The molecule has 3 aromatic rings. The second kappa shape index (κ2) is 8.16. The molecule has 3 rings (SSSR count). The van der Waals surface area contributed by atoms with E-state index in [2.05, 4.69) is 0 Å². The first-order valence-corrected chi connectivity index (χ1v) is 9.20. The molecule has 0 aliphatic heterocycles. The van der Waals surface area contributed by atoms with Crippen LogP contribution < -0.4 is 21.3 Å². The molecule has 0 aromatic heterocycles. The Labute approximate surface area is 170 Å². The summed E-state index contributed by atoms with van der Waals surface area (Å²) < 4.78 is 0. The lowest BCUT2D eigenvalue weighted by atomic mass is 10.1. The van der Waals surface area contributed by atoms with Crippen LogP contribution in [0.5, 0.6) is 0 Å². The summed E-state index contributed by atoms with van der Waals surface area (Å²) in [4.78, 5) is 3.66. The van der Waals surface area contributed by atoms with Crippen LogP contribution in [-0.4, -0.2) is 10.2 Å². The van der Waals surface area contributed by atoms with Crippen molar-refractivity contribution in [1.82, 2.24) is 0 Å². The fourth-order valence-corrected chi connectivity index (χ4v) is 3.34. The van der Waals surface area contributed by atoms with Crippen LogP contribution in [-0.2, 0) is 0 Å². The van der Waals surface area contributed by atoms with Gasteiger partial charge in [0, 0.05) is 11.4 Å². The van der Waals surface area contributed by atoms with Crippen LogP contribution >= 0.6 is 24.4 Å². The van der Waals surface area contributed by atoms with Crippen molar-refractivity contribution in [1.29, 1.82) is 0 Å². The van der Waals surface area contributed by atoms with E-state index < -0.39 is 0 Å². The van der Waals surface area contributed by atoms with Gasteiger partial charge >= 0.3 is 0 Å². The second-order valence-electron chi connectivity index (χ2n) is 5.99. The van der Waals surface area contributed by atoms with E-state index in [4.69, 9.17) is 35.9 Å². The minimum absolute atomic E-state index is 0.262. The zero-order valence-corrected chi connectivity index (χ0v) is 16.5. The Hall–Kier alpha value is -2.96. The maximum atomic E-state index is 6.06. The van der Waals surface area contributed by atoms with E-state index in [0.29, 0.717) is 0 Å². The van der Waals surface area contributed by atoms with Crippen LogP contribution in [0.3, 0.4) is 0 Å². The highest BCUT2D eigenvalue weighted by Crippen LogP contribution is 2.34. The number of nitrogens with two attached hydrogens (primary N) is 2. The molecule has 0 fully saturated rings. The molecule has 27 heavy (non-hydrogen) atoms. The summed E-state index contributed by atoms with van der Waals surface area (Å²) in [5.74, 6) is 0. The molecule has 0 amide bonds. The highest BCUT2D eigenvalue weighted by atomic mass is 32.1. The number of aryl methyl sites for hydroxylation is 1. The zero-order valence-electron chi connectivity index (χ0n) is 14.9. The predicted molar refractivity (Wildman–Crippen MR) is 122 cm³/mol. The van der Waals surface area contributed by atoms with Gasteiger partial charge in [-0.05, 0) is 73.3 Å². The van der Waals surface area contributed by atoms with Crippen LogP contribution in [0.1, 0.15) is 5.56 Å². The molecule has 0 aliphatic rings. The van der Waals surface area contributed by atoms with Gasteiger partial charge in [-0.3, -0.25) is 9.80 Å². The Morgan fingerprint density at radius 1 is 0.667 bits per heavy atom.